The Kier molecular flexibility index (Phi) is 4.78. The molecule has 3 nitrogen and oxygen atoms in total. The van der Waals surface area contributed by atoms with Crippen molar-refractivity contribution in [2.75, 3.05) is 11.9 Å². The largest absolute Gasteiger partial charge is 0.490 e. The highest BCUT2D eigenvalue weighted by Crippen LogP contribution is 2.21. The van der Waals surface area contributed by atoms with Gasteiger partial charge in [-0.25, -0.2) is 4.98 Å². The molecule has 0 amide bonds. The van der Waals surface area contributed by atoms with Crippen molar-refractivity contribution < 1.29 is 4.74 Å². The zero-order chi connectivity index (χ0) is 13.5. The average molecular weight is 256 g/mol. The number of aromatic nitrogens is 1. The van der Waals surface area contributed by atoms with Crippen LogP contribution >= 0.6 is 0 Å². The van der Waals surface area contributed by atoms with E-state index in [1.165, 1.54) is 11.1 Å². The van der Waals surface area contributed by atoms with Gasteiger partial charge in [-0.15, -0.1) is 0 Å². The van der Waals surface area contributed by atoms with Crippen molar-refractivity contribution in [2.24, 2.45) is 0 Å². The van der Waals surface area contributed by atoms with Gasteiger partial charge in [0, 0.05) is 12.7 Å². The van der Waals surface area contributed by atoms with E-state index in [9.17, 15) is 0 Å². The highest BCUT2D eigenvalue weighted by atomic mass is 16.5. The first-order valence-electron chi connectivity index (χ1n) is 6.67. The minimum Gasteiger partial charge on any atom is -0.490 e. The monoisotopic (exact) mass is 256 g/mol. The van der Waals surface area contributed by atoms with E-state index in [1.54, 1.807) is 6.20 Å². The molecule has 0 unspecified atom stereocenters. The van der Waals surface area contributed by atoms with E-state index in [2.05, 4.69) is 48.4 Å². The second kappa shape index (κ2) is 6.78. The van der Waals surface area contributed by atoms with Gasteiger partial charge in [-0.3, -0.25) is 0 Å². The standard InChI is InChI=1S/C16H20N2O/c1-3-10-19-15-8-5-9-17-16(15)18-12-14-7-4-6-13(2)11-14/h4-9,11H,3,10,12H2,1-2H3,(H,17,18). The first-order valence-corrected chi connectivity index (χ1v) is 6.67. The summed E-state index contributed by atoms with van der Waals surface area (Å²) >= 11 is 0. The Morgan fingerprint density at radius 1 is 1.21 bits per heavy atom. The summed E-state index contributed by atoms with van der Waals surface area (Å²) in [5.74, 6) is 1.62. The predicted octanol–water partition coefficient (Wildman–Crippen LogP) is 3.79. The Morgan fingerprint density at radius 2 is 2.11 bits per heavy atom. The van der Waals surface area contributed by atoms with Crippen LogP contribution < -0.4 is 10.1 Å². The van der Waals surface area contributed by atoms with Gasteiger partial charge in [-0.1, -0.05) is 36.8 Å². The third-order valence-corrected chi connectivity index (χ3v) is 2.77. The molecule has 0 saturated heterocycles. The summed E-state index contributed by atoms with van der Waals surface area (Å²) in [6.45, 7) is 5.66. The van der Waals surface area contributed by atoms with Crippen molar-refractivity contribution in [3.8, 4) is 5.75 Å². The average Bonchev–Trinajstić information content (AvgIpc) is 2.44. The quantitative estimate of drug-likeness (QED) is 0.853. The first kappa shape index (κ1) is 13.4. The second-order valence-corrected chi connectivity index (χ2v) is 4.54. The molecule has 1 aromatic carbocycles. The maximum atomic E-state index is 5.67. The van der Waals surface area contributed by atoms with Gasteiger partial charge in [0.1, 0.15) is 0 Å². The molecule has 0 aliphatic heterocycles. The summed E-state index contributed by atoms with van der Waals surface area (Å²) in [5, 5.41) is 3.33. The Hall–Kier alpha value is -2.03. The van der Waals surface area contributed by atoms with Gasteiger partial charge in [0.2, 0.25) is 0 Å². The van der Waals surface area contributed by atoms with Crippen LogP contribution in [0.25, 0.3) is 0 Å². The smallest absolute Gasteiger partial charge is 0.169 e. The van der Waals surface area contributed by atoms with Crippen LogP contribution in [0.15, 0.2) is 42.6 Å². The Balaban J connectivity index is 2.02. The number of hydrogen-bond donors (Lipinski definition) is 1. The number of anilines is 1. The highest BCUT2D eigenvalue weighted by Gasteiger charge is 2.03. The van der Waals surface area contributed by atoms with Crippen molar-refractivity contribution in [1.29, 1.82) is 0 Å². The third kappa shape index (κ3) is 3.98. The van der Waals surface area contributed by atoms with Crippen molar-refractivity contribution in [3.63, 3.8) is 0 Å². The molecule has 2 aromatic rings. The normalized spacial score (nSPS) is 10.2. The first-order chi connectivity index (χ1) is 9.29. The fraction of sp³-hybridized carbons (Fsp3) is 0.312. The number of hydrogen-bond acceptors (Lipinski definition) is 3. The van der Waals surface area contributed by atoms with Crippen molar-refractivity contribution in [1.82, 2.24) is 4.98 Å². The lowest BCUT2D eigenvalue weighted by Gasteiger charge is -2.11. The molecule has 3 heteroatoms. The minimum atomic E-state index is 0.713. The van der Waals surface area contributed by atoms with E-state index < -0.39 is 0 Å². The van der Waals surface area contributed by atoms with Crippen LogP contribution in [0.2, 0.25) is 0 Å². The predicted molar refractivity (Wildman–Crippen MR) is 78.5 cm³/mol. The van der Waals surface area contributed by atoms with Crippen LogP contribution in [-0.4, -0.2) is 11.6 Å². The zero-order valence-electron chi connectivity index (χ0n) is 11.5. The van der Waals surface area contributed by atoms with Crippen molar-refractivity contribution in [2.45, 2.75) is 26.8 Å². The summed E-state index contributed by atoms with van der Waals surface area (Å²) in [4.78, 5) is 4.33. The third-order valence-electron chi connectivity index (χ3n) is 2.77. The van der Waals surface area contributed by atoms with Crippen LogP contribution in [0.4, 0.5) is 5.82 Å². The molecule has 100 valence electrons. The number of rotatable bonds is 6. The molecular formula is C16H20N2O. The number of ether oxygens (including phenoxy) is 1. The molecule has 2 rings (SSSR count). The molecule has 0 saturated carbocycles. The number of nitrogens with one attached hydrogen (secondary N) is 1. The Morgan fingerprint density at radius 3 is 2.89 bits per heavy atom. The summed E-state index contributed by atoms with van der Waals surface area (Å²) in [5.41, 5.74) is 2.51. The van der Waals surface area contributed by atoms with Crippen molar-refractivity contribution in [3.05, 3.63) is 53.7 Å². The molecule has 0 aliphatic rings. The summed E-state index contributed by atoms with van der Waals surface area (Å²) in [6.07, 6.45) is 2.77. The SMILES string of the molecule is CCCOc1cccnc1NCc1cccc(C)c1. The lowest BCUT2D eigenvalue weighted by molar-refractivity contribution is 0.318. The molecule has 0 radical (unpaired) electrons. The number of benzene rings is 1. The maximum Gasteiger partial charge on any atom is 0.169 e. The molecule has 19 heavy (non-hydrogen) atoms. The van der Waals surface area contributed by atoms with Gasteiger partial charge < -0.3 is 10.1 Å². The Labute approximate surface area is 114 Å². The maximum absolute atomic E-state index is 5.67. The van der Waals surface area contributed by atoms with E-state index in [0.717, 1.165) is 24.5 Å². The Bertz CT molecular complexity index is 526. The molecule has 0 spiro atoms. The molecule has 0 aliphatic carbocycles. The molecule has 0 fully saturated rings. The van der Waals surface area contributed by atoms with Gasteiger partial charge in [0.15, 0.2) is 11.6 Å². The van der Waals surface area contributed by atoms with Gasteiger partial charge in [0.05, 0.1) is 6.61 Å². The van der Waals surface area contributed by atoms with Gasteiger partial charge >= 0.3 is 0 Å². The van der Waals surface area contributed by atoms with E-state index in [-0.39, 0.29) is 0 Å². The van der Waals surface area contributed by atoms with E-state index in [1.807, 2.05) is 12.1 Å². The summed E-state index contributed by atoms with van der Waals surface area (Å²) in [6, 6.07) is 12.3. The van der Waals surface area contributed by atoms with E-state index >= 15 is 0 Å². The molecular weight excluding hydrogens is 236 g/mol. The molecule has 0 atom stereocenters. The molecule has 0 bridgehead atoms. The molecule has 1 aromatic heterocycles. The fourth-order valence-electron chi connectivity index (χ4n) is 1.86. The molecule has 1 heterocycles. The van der Waals surface area contributed by atoms with Crippen LogP contribution in [0.1, 0.15) is 24.5 Å². The summed E-state index contributed by atoms with van der Waals surface area (Å²) < 4.78 is 5.67. The van der Waals surface area contributed by atoms with Gasteiger partial charge in [-0.2, -0.15) is 0 Å². The van der Waals surface area contributed by atoms with E-state index in [0.29, 0.717) is 6.61 Å². The topological polar surface area (TPSA) is 34.1 Å². The lowest BCUT2D eigenvalue weighted by Crippen LogP contribution is -2.05. The second-order valence-electron chi connectivity index (χ2n) is 4.54. The fourth-order valence-corrected chi connectivity index (χ4v) is 1.86. The number of pyridine rings is 1. The van der Waals surface area contributed by atoms with E-state index in [4.69, 9.17) is 4.74 Å². The molecule has 1 N–H and O–H groups in total. The zero-order valence-corrected chi connectivity index (χ0v) is 11.5. The van der Waals surface area contributed by atoms with Crippen LogP contribution in [0.5, 0.6) is 5.75 Å². The van der Waals surface area contributed by atoms with Crippen LogP contribution in [0.3, 0.4) is 0 Å². The summed E-state index contributed by atoms with van der Waals surface area (Å²) in [7, 11) is 0. The van der Waals surface area contributed by atoms with Gasteiger partial charge in [0.25, 0.3) is 0 Å². The highest BCUT2D eigenvalue weighted by molar-refractivity contribution is 5.49. The number of nitrogens with zero attached hydrogens (tertiary/aromatic N) is 1. The van der Waals surface area contributed by atoms with Crippen LogP contribution in [-0.2, 0) is 6.54 Å². The van der Waals surface area contributed by atoms with Crippen LogP contribution in [0, 0.1) is 6.92 Å². The number of aryl methyl sites for hydroxylation is 1. The van der Waals surface area contributed by atoms with Crippen molar-refractivity contribution >= 4 is 5.82 Å². The van der Waals surface area contributed by atoms with Gasteiger partial charge in [-0.05, 0) is 31.0 Å². The lowest BCUT2D eigenvalue weighted by atomic mass is 10.1. The minimum absolute atomic E-state index is 0.713.